The van der Waals surface area contributed by atoms with Gasteiger partial charge in [0.2, 0.25) is 11.8 Å². The SMILES string of the molecule is CC[C@H](C)NC(=O)[C@H](C)N(Cc1ccc(Cl)cc1Cl)C(=O)CN1C(=O)c2ccccc2S1(=O)=O. The first-order valence-corrected chi connectivity index (χ1v) is 12.9. The van der Waals surface area contributed by atoms with E-state index in [4.69, 9.17) is 23.2 Å². The normalized spacial score (nSPS) is 16.0. The first-order chi connectivity index (χ1) is 16.0. The predicted octanol–water partition coefficient (Wildman–Crippen LogP) is 3.47. The molecule has 2 aromatic rings. The number of nitrogens with zero attached hydrogens (tertiary/aromatic N) is 2. The van der Waals surface area contributed by atoms with Crippen LogP contribution in [0, 0.1) is 0 Å². The number of benzene rings is 2. The van der Waals surface area contributed by atoms with Gasteiger partial charge in [-0.05, 0) is 50.1 Å². The average molecular weight is 526 g/mol. The molecule has 8 nitrogen and oxygen atoms in total. The van der Waals surface area contributed by atoms with Crippen molar-refractivity contribution in [1.29, 1.82) is 0 Å². The highest BCUT2D eigenvalue weighted by Crippen LogP contribution is 2.30. The second kappa shape index (κ2) is 10.3. The number of rotatable bonds is 8. The summed E-state index contributed by atoms with van der Waals surface area (Å²) in [5.74, 6) is -1.92. The van der Waals surface area contributed by atoms with Gasteiger partial charge in [-0.3, -0.25) is 14.4 Å². The minimum absolute atomic E-state index is 0.00478. The number of carbonyl (C=O) groups is 3. The molecule has 182 valence electrons. The summed E-state index contributed by atoms with van der Waals surface area (Å²) >= 11 is 12.3. The van der Waals surface area contributed by atoms with Crippen molar-refractivity contribution >= 4 is 50.9 Å². The Balaban J connectivity index is 1.91. The van der Waals surface area contributed by atoms with Crippen LogP contribution in [0.4, 0.5) is 0 Å². The van der Waals surface area contributed by atoms with Gasteiger partial charge in [-0.2, -0.15) is 0 Å². The third-order valence-corrected chi connectivity index (χ3v) is 8.09. The van der Waals surface area contributed by atoms with Gasteiger partial charge in [0.15, 0.2) is 0 Å². The van der Waals surface area contributed by atoms with Crippen LogP contribution in [0.5, 0.6) is 0 Å². The maximum Gasteiger partial charge on any atom is 0.269 e. The summed E-state index contributed by atoms with van der Waals surface area (Å²) in [4.78, 5) is 40.0. The number of hydrogen-bond acceptors (Lipinski definition) is 5. The summed E-state index contributed by atoms with van der Waals surface area (Å²) in [5.41, 5.74) is 0.520. The third kappa shape index (κ3) is 5.21. The van der Waals surface area contributed by atoms with E-state index < -0.39 is 40.3 Å². The van der Waals surface area contributed by atoms with Crippen LogP contribution in [0.3, 0.4) is 0 Å². The molecule has 0 fully saturated rings. The number of fused-ring (bicyclic) bond motifs is 1. The zero-order chi connectivity index (χ0) is 25.2. The summed E-state index contributed by atoms with van der Waals surface area (Å²) in [5, 5.41) is 3.51. The van der Waals surface area contributed by atoms with Crippen molar-refractivity contribution < 1.29 is 22.8 Å². The van der Waals surface area contributed by atoms with E-state index >= 15 is 0 Å². The molecule has 0 bridgehead atoms. The molecule has 0 saturated carbocycles. The van der Waals surface area contributed by atoms with E-state index in [9.17, 15) is 22.8 Å². The fraction of sp³-hybridized carbons (Fsp3) is 0.348. The lowest BCUT2D eigenvalue weighted by molar-refractivity contribution is -0.140. The van der Waals surface area contributed by atoms with Crippen LogP contribution >= 0.6 is 23.2 Å². The van der Waals surface area contributed by atoms with Crippen LogP contribution in [0.15, 0.2) is 47.4 Å². The van der Waals surface area contributed by atoms with Crippen LogP contribution in [-0.4, -0.2) is 54.0 Å². The molecule has 0 radical (unpaired) electrons. The molecule has 0 unspecified atom stereocenters. The maximum atomic E-state index is 13.4. The van der Waals surface area contributed by atoms with Crippen molar-refractivity contribution in [2.45, 2.75) is 50.7 Å². The van der Waals surface area contributed by atoms with Crippen LogP contribution in [0.1, 0.15) is 43.1 Å². The smallest absolute Gasteiger partial charge is 0.269 e. The molecule has 1 aliphatic heterocycles. The molecule has 0 aliphatic carbocycles. The van der Waals surface area contributed by atoms with Crippen molar-refractivity contribution in [3.63, 3.8) is 0 Å². The molecule has 2 aromatic carbocycles. The Morgan fingerprint density at radius 2 is 1.79 bits per heavy atom. The van der Waals surface area contributed by atoms with E-state index in [-0.39, 0.29) is 28.1 Å². The number of nitrogens with one attached hydrogen (secondary N) is 1. The standard InChI is InChI=1S/C23H25Cl2N3O5S/c1-4-14(2)26-22(30)15(3)27(12-16-9-10-17(24)11-19(16)25)21(29)13-28-23(31)18-7-5-6-8-20(18)34(28,32)33/h5-11,14-15H,4,12-13H2,1-3H3,(H,26,30)/t14-,15-/m0/s1. The largest absolute Gasteiger partial charge is 0.352 e. The van der Waals surface area contributed by atoms with Crippen molar-refractivity contribution in [2.24, 2.45) is 0 Å². The molecule has 34 heavy (non-hydrogen) atoms. The highest BCUT2D eigenvalue weighted by atomic mass is 35.5. The van der Waals surface area contributed by atoms with Crippen LogP contribution < -0.4 is 5.32 Å². The van der Waals surface area contributed by atoms with Gasteiger partial charge in [0, 0.05) is 22.6 Å². The number of sulfonamides is 1. The fourth-order valence-corrected chi connectivity index (χ4v) is 5.47. The lowest BCUT2D eigenvalue weighted by Gasteiger charge is -2.31. The van der Waals surface area contributed by atoms with E-state index in [1.807, 2.05) is 13.8 Å². The monoisotopic (exact) mass is 525 g/mol. The number of amides is 3. The lowest BCUT2D eigenvalue weighted by atomic mass is 10.1. The summed E-state index contributed by atoms with van der Waals surface area (Å²) in [6.45, 7) is 4.45. The van der Waals surface area contributed by atoms with Gasteiger partial charge in [0.1, 0.15) is 17.5 Å². The number of halogens is 2. The quantitative estimate of drug-likeness (QED) is 0.568. The van der Waals surface area contributed by atoms with Crippen LogP contribution in [0.25, 0.3) is 0 Å². The molecule has 2 atom stereocenters. The summed E-state index contributed by atoms with van der Waals surface area (Å²) in [6, 6.07) is 9.41. The van der Waals surface area contributed by atoms with Gasteiger partial charge in [0.05, 0.1) is 5.56 Å². The van der Waals surface area contributed by atoms with E-state index in [1.54, 1.807) is 18.2 Å². The van der Waals surface area contributed by atoms with Gasteiger partial charge < -0.3 is 10.2 Å². The van der Waals surface area contributed by atoms with Gasteiger partial charge >= 0.3 is 0 Å². The highest BCUT2D eigenvalue weighted by molar-refractivity contribution is 7.90. The van der Waals surface area contributed by atoms with Gasteiger partial charge in [-0.25, -0.2) is 12.7 Å². The molecular weight excluding hydrogens is 501 g/mol. The fourth-order valence-electron chi connectivity index (χ4n) is 3.48. The van der Waals surface area contributed by atoms with Crippen molar-refractivity contribution in [1.82, 2.24) is 14.5 Å². The Morgan fingerprint density at radius 1 is 1.12 bits per heavy atom. The zero-order valence-corrected chi connectivity index (χ0v) is 21.2. The molecule has 0 aromatic heterocycles. The van der Waals surface area contributed by atoms with E-state index in [0.29, 0.717) is 21.3 Å². The second-order valence-electron chi connectivity index (χ2n) is 8.06. The average Bonchev–Trinajstić information content (AvgIpc) is 2.98. The Labute approximate surface area is 208 Å². The van der Waals surface area contributed by atoms with Gasteiger partial charge in [0.25, 0.3) is 15.9 Å². The number of hydrogen-bond donors (Lipinski definition) is 1. The van der Waals surface area contributed by atoms with E-state index in [0.717, 1.165) is 0 Å². The number of carbonyl (C=O) groups excluding carboxylic acids is 3. The van der Waals surface area contributed by atoms with Gasteiger partial charge in [-0.1, -0.05) is 48.3 Å². The van der Waals surface area contributed by atoms with Crippen molar-refractivity contribution in [2.75, 3.05) is 6.54 Å². The molecule has 0 spiro atoms. The summed E-state index contributed by atoms with van der Waals surface area (Å²) in [7, 11) is -4.19. The van der Waals surface area contributed by atoms with Crippen LogP contribution in [0.2, 0.25) is 10.0 Å². The molecule has 1 N–H and O–H groups in total. The van der Waals surface area contributed by atoms with Crippen LogP contribution in [-0.2, 0) is 26.2 Å². The maximum absolute atomic E-state index is 13.4. The third-order valence-electron chi connectivity index (χ3n) is 5.72. The summed E-state index contributed by atoms with van der Waals surface area (Å²) < 4.78 is 26.4. The Hall–Kier alpha value is -2.62. The molecule has 1 heterocycles. The van der Waals surface area contributed by atoms with Crippen molar-refractivity contribution in [3.8, 4) is 0 Å². The highest BCUT2D eigenvalue weighted by Gasteiger charge is 2.43. The van der Waals surface area contributed by atoms with E-state index in [1.165, 1.54) is 36.1 Å². The first kappa shape index (κ1) is 26.0. The Morgan fingerprint density at radius 3 is 2.41 bits per heavy atom. The van der Waals surface area contributed by atoms with Gasteiger partial charge in [-0.15, -0.1) is 0 Å². The summed E-state index contributed by atoms with van der Waals surface area (Å²) in [6.07, 6.45) is 0.689. The first-order valence-electron chi connectivity index (χ1n) is 10.7. The molecule has 3 rings (SSSR count). The Bertz CT molecular complexity index is 1230. The minimum atomic E-state index is -4.19. The molecule has 1 aliphatic rings. The molecule has 11 heteroatoms. The Kier molecular flexibility index (Phi) is 7.90. The lowest BCUT2D eigenvalue weighted by Crippen LogP contribution is -2.52. The molecule has 3 amide bonds. The molecule has 0 saturated heterocycles. The minimum Gasteiger partial charge on any atom is -0.352 e. The zero-order valence-electron chi connectivity index (χ0n) is 18.9. The van der Waals surface area contributed by atoms with Crippen molar-refractivity contribution in [3.05, 3.63) is 63.6 Å². The topological polar surface area (TPSA) is 104 Å². The van der Waals surface area contributed by atoms with E-state index in [2.05, 4.69) is 5.32 Å². The predicted molar refractivity (Wildman–Crippen MR) is 129 cm³/mol. The second-order valence-corrected chi connectivity index (χ2v) is 10.7. The molecular formula is C23H25Cl2N3O5S.